The van der Waals surface area contributed by atoms with Crippen LogP contribution in [0.25, 0.3) is 0 Å². The summed E-state index contributed by atoms with van der Waals surface area (Å²) in [5, 5.41) is 8.34. The Bertz CT molecular complexity index is 575. The number of hydrogen-bond donors (Lipinski definition) is 3. The second-order valence-corrected chi connectivity index (χ2v) is 6.16. The summed E-state index contributed by atoms with van der Waals surface area (Å²) >= 11 is 1.16. The molecular formula is C11H17N5O3S. The highest BCUT2D eigenvalue weighted by atomic mass is 32.2. The molecule has 0 spiro atoms. The molecule has 1 unspecified atom stereocenters. The highest BCUT2D eigenvalue weighted by molar-refractivity contribution is 8.00. The highest BCUT2D eigenvalue weighted by Gasteiger charge is 2.32. The monoisotopic (exact) mass is 299 g/mol. The molecular weight excluding hydrogens is 282 g/mol. The molecule has 0 saturated heterocycles. The lowest BCUT2D eigenvalue weighted by Gasteiger charge is -2.18. The maximum absolute atomic E-state index is 11.9. The minimum atomic E-state index is -0.886. The van der Waals surface area contributed by atoms with Gasteiger partial charge in [0.25, 0.3) is 0 Å². The largest absolute Gasteiger partial charge is 0.351 e. The zero-order chi connectivity index (χ0) is 14.9. The van der Waals surface area contributed by atoms with Crippen molar-refractivity contribution in [2.75, 3.05) is 0 Å². The first-order chi connectivity index (χ1) is 9.40. The Morgan fingerprint density at radius 1 is 1.50 bits per heavy atom. The van der Waals surface area contributed by atoms with Gasteiger partial charge in [-0.2, -0.15) is 0 Å². The molecule has 1 aromatic heterocycles. The van der Waals surface area contributed by atoms with E-state index in [2.05, 4.69) is 15.5 Å². The van der Waals surface area contributed by atoms with Gasteiger partial charge in [-0.25, -0.2) is 14.7 Å². The van der Waals surface area contributed by atoms with E-state index in [4.69, 9.17) is 5.73 Å². The third-order valence-electron chi connectivity index (χ3n) is 2.93. The molecule has 0 radical (unpaired) electrons. The van der Waals surface area contributed by atoms with E-state index in [9.17, 15) is 14.4 Å². The Hall–Kier alpha value is -1.77. The van der Waals surface area contributed by atoms with Crippen LogP contribution in [0.3, 0.4) is 0 Å². The van der Waals surface area contributed by atoms with Gasteiger partial charge in [-0.05, 0) is 18.8 Å². The number of urea groups is 1. The van der Waals surface area contributed by atoms with Gasteiger partial charge in [0.2, 0.25) is 5.91 Å². The van der Waals surface area contributed by atoms with Crippen LogP contribution in [0, 0.1) is 5.92 Å². The normalized spacial score (nSPS) is 16.1. The van der Waals surface area contributed by atoms with Crippen LogP contribution in [0.15, 0.2) is 9.95 Å². The van der Waals surface area contributed by atoms with E-state index >= 15 is 0 Å². The number of nitrogens with one attached hydrogen (secondary N) is 2. The number of primary amides is 1. The Morgan fingerprint density at radius 3 is 2.65 bits per heavy atom. The van der Waals surface area contributed by atoms with Crippen molar-refractivity contribution >= 4 is 23.7 Å². The van der Waals surface area contributed by atoms with Crippen molar-refractivity contribution in [1.29, 1.82) is 0 Å². The molecule has 1 aliphatic rings. The molecule has 1 atom stereocenters. The lowest BCUT2D eigenvalue weighted by Crippen LogP contribution is -2.42. The summed E-state index contributed by atoms with van der Waals surface area (Å²) in [5.41, 5.74) is 4.69. The van der Waals surface area contributed by atoms with Crippen LogP contribution in [0.2, 0.25) is 0 Å². The predicted molar refractivity (Wildman–Crippen MR) is 73.3 cm³/mol. The number of rotatable bonds is 5. The molecule has 2 rings (SSSR count). The van der Waals surface area contributed by atoms with E-state index in [-0.39, 0.29) is 17.6 Å². The van der Waals surface area contributed by atoms with Crippen LogP contribution >= 0.6 is 11.8 Å². The van der Waals surface area contributed by atoms with Crippen molar-refractivity contribution in [2.24, 2.45) is 11.7 Å². The topological polar surface area (TPSA) is 123 Å². The number of thioether (sulfide) groups is 1. The molecule has 20 heavy (non-hydrogen) atoms. The number of aromatic nitrogens is 3. The van der Waals surface area contributed by atoms with E-state index in [1.54, 1.807) is 4.57 Å². The first-order valence-electron chi connectivity index (χ1n) is 6.34. The van der Waals surface area contributed by atoms with Crippen LogP contribution < -0.4 is 16.7 Å². The van der Waals surface area contributed by atoms with Crippen molar-refractivity contribution in [3.8, 4) is 0 Å². The van der Waals surface area contributed by atoms with E-state index < -0.39 is 17.2 Å². The molecule has 0 aliphatic heterocycles. The SMILES string of the molecule is CC(C)C(Sc1n[nH]c(=O)n1C1CC1)C(=O)NC(N)=O. The standard InChI is InChI=1S/C11H17N5O3S/c1-5(2)7(8(17)13-9(12)18)20-11-15-14-10(19)16(11)6-3-4-6/h5-7H,3-4H2,1-2H3,(H,14,19)(H3,12,13,17,18). The Kier molecular flexibility index (Phi) is 4.17. The average Bonchev–Trinajstić information content (AvgIpc) is 3.09. The highest BCUT2D eigenvalue weighted by Crippen LogP contribution is 2.37. The molecule has 1 aliphatic carbocycles. The number of carbonyl (C=O) groups excluding carboxylic acids is 2. The van der Waals surface area contributed by atoms with Gasteiger partial charge in [0.15, 0.2) is 5.16 Å². The minimum absolute atomic E-state index is 0.0428. The molecule has 1 aromatic rings. The average molecular weight is 299 g/mol. The number of H-pyrrole nitrogens is 1. The van der Waals surface area contributed by atoms with E-state index in [1.165, 1.54) is 0 Å². The summed E-state index contributed by atoms with van der Waals surface area (Å²) in [6.07, 6.45) is 1.87. The first-order valence-corrected chi connectivity index (χ1v) is 7.22. The number of imide groups is 1. The number of nitrogens with zero attached hydrogens (tertiary/aromatic N) is 2. The van der Waals surface area contributed by atoms with Crippen LogP contribution in [0.5, 0.6) is 0 Å². The van der Waals surface area contributed by atoms with Crippen LogP contribution in [0.1, 0.15) is 32.7 Å². The number of amides is 3. The van der Waals surface area contributed by atoms with Crippen molar-refractivity contribution in [1.82, 2.24) is 20.1 Å². The van der Waals surface area contributed by atoms with E-state index in [1.807, 2.05) is 13.8 Å². The lowest BCUT2D eigenvalue weighted by atomic mass is 10.1. The van der Waals surface area contributed by atoms with Crippen LogP contribution in [-0.2, 0) is 4.79 Å². The smallest absolute Gasteiger partial charge is 0.344 e. The summed E-state index contributed by atoms with van der Waals surface area (Å²) in [7, 11) is 0. The van der Waals surface area contributed by atoms with Crippen LogP contribution in [-0.4, -0.2) is 32.0 Å². The first kappa shape index (κ1) is 14.6. The number of hydrogen-bond acceptors (Lipinski definition) is 5. The van der Waals surface area contributed by atoms with Gasteiger partial charge in [0.1, 0.15) is 0 Å². The number of aromatic amines is 1. The van der Waals surface area contributed by atoms with Crippen molar-refractivity contribution in [3.05, 3.63) is 10.5 Å². The van der Waals surface area contributed by atoms with Gasteiger partial charge < -0.3 is 5.73 Å². The zero-order valence-corrected chi connectivity index (χ0v) is 12.1. The van der Waals surface area contributed by atoms with Crippen molar-refractivity contribution in [3.63, 3.8) is 0 Å². The fourth-order valence-corrected chi connectivity index (χ4v) is 2.94. The molecule has 4 N–H and O–H groups in total. The summed E-state index contributed by atoms with van der Waals surface area (Å²) in [6.45, 7) is 3.70. The maximum Gasteiger partial charge on any atom is 0.344 e. The predicted octanol–water partition coefficient (Wildman–Crippen LogP) is 0.218. The second kappa shape index (κ2) is 5.70. The third-order valence-corrected chi connectivity index (χ3v) is 4.44. The zero-order valence-electron chi connectivity index (χ0n) is 11.3. The summed E-state index contributed by atoms with van der Waals surface area (Å²) in [6, 6.07) is -0.723. The van der Waals surface area contributed by atoms with Gasteiger partial charge >= 0.3 is 11.7 Å². The van der Waals surface area contributed by atoms with Crippen molar-refractivity contribution < 1.29 is 9.59 Å². The Labute approximate surface area is 119 Å². The van der Waals surface area contributed by atoms with Gasteiger partial charge in [-0.15, -0.1) is 5.10 Å². The Morgan fingerprint density at radius 2 is 2.15 bits per heavy atom. The maximum atomic E-state index is 11.9. The molecule has 0 aromatic carbocycles. The quantitative estimate of drug-likeness (QED) is 0.671. The van der Waals surface area contributed by atoms with Gasteiger partial charge in [0.05, 0.1) is 5.25 Å². The summed E-state index contributed by atoms with van der Waals surface area (Å²) in [5.74, 6) is -0.519. The molecule has 1 heterocycles. The minimum Gasteiger partial charge on any atom is -0.351 e. The summed E-state index contributed by atoms with van der Waals surface area (Å²) in [4.78, 5) is 34.4. The molecule has 1 fully saturated rings. The van der Waals surface area contributed by atoms with E-state index in [0.717, 1.165) is 24.6 Å². The Balaban J connectivity index is 2.18. The summed E-state index contributed by atoms with van der Waals surface area (Å²) < 4.78 is 1.57. The number of carbonyl (C=O) groups is 2. The molecule has 0 bridgehead atoms. The van der Waals surface area contributed by atoms with Crippen LogP contribution in [0.4, 0.5) is 4.79 Å². The fraction of sp³-hybridized carbons (Fsp3) is 0.636. The van der Waals surface area contributed by atoms with Gasteiger partial charge in [0, 0.05) is 6.04 Å². The molecule has 8 nitrogen and oxygen atoms in total. The van der Waals surface area contributed by atoms with E-state index in [0.29, 0.717) is 5.16 Å². The van der Waals surface area contributed by atoms with Gasteiger partial charge in [-0.3, -0.25) is 14.7 Å². The third kappa shape index (κ3) is 3.21. The number of nitrogens with two attached hydrogens (primary N) is 1. The lowest BCUT2D eigenvalue weighted by molar-refractivity contribution is -0.120. The van der Waals surface area contributed by atoms with Gasteiger partial charge in [-0.1, -0.05) is 25.6 Å². The second-order valence-electron chi connectivity index (χ2n) is 5.05. The molecule has 1 saturated carbocycles. The fourth-order valence-electron chi connectivity index (χ4n) is 1.83. The van der Waals surface area contributed by atoms with Crippen molar-refractivity contribution in [2.45, 2.75) is 43.1 Å². The molecule has 110 valence electrons. The molecule has 3 amide bonds. The molecule has 9 heteroatoms.